The lowest BCUT2D eigenvalue weighted by atomic mass is 10.0. The van der Waals surface area contributed by atoms with Crippen molar-refractivity contribution in [1.82, 2.24) is 9.55 Å². The van der Waals surface area contributed by atoms with Gasteiger partial charge >= 0.3 is 11.6 Å². The van der Waals surface area contributed by atoms with E-state index in [1.165, 1.54) is 0 Å². The molecule has 2 heterocycles. The van der Waals surface area contributed by atoms with Gasteiger partial charge in [-0.3, -0.25) is 4.79 Å². The van der Waals surface area contributed by atoms with Gasteiger partial charge in [0.25, 0.3) is 0 Å². The van der Waals surface area contributed by atoms with Crippen molar-refractivity contribution < 1.29 is 17.9 Å². The number of carbonyl (C=O) groups excluding carboxylic acids is 1. The van der Waals surface area contributed by atoms with E-state index >= 15 is 0 Å². The summed E-state index contributed by atoms with van der Waals surface area (Å²) in [6, 6.07) is 19.7. The molecule has 0 aliphatic rings. The molecule has 0 N–H and O–H groups in total. The second kappa shape index (κ2) is 9.76. The summed E-state index contributed by atoms with van der Waals surface area (Å²) in [5, 5.41) is 1.03. The summed E-state index contributed by atoms with van der Waals surface area (Å²) in [5.74, 6) is 0.689. The third-order valence-corrected chi connectivity index (χ3v) is 4.35. The van der Waals surface area contributed by atoms with E-state index in [2.05, 4.69) is 15.7 Å². The largest absolute Gasteiger partial charge is 0.491 e. The van der Waals surface area contributed by atoms with Crippen LogP contribution in [0.3, 0.4) is 0 Å². The summed E-state index contributed by atoms with van der Waals surface area (Å²) in [6.45, 7) is 3.94. The van der Waals surface area contributed by atoms with Crippen molar-refractivity contribution in [2.75, 3.05) is 0 Å². The number of para-hydroxylation sites is 1. The lowest BCUT2D eigenvalue weighted by molar-refractivity contribution is 0.112. The lowest BCUT2D eigenvalue weighted by Gasteiger charge is -2.12. The van der Waals surface area contributed by atoms with Crippen LogP contribution in [0.25, 0.3) is 27.8 Å². The van der Waals surface area contributed by atoms with Gasteiger partial charge in [0.05, 0.1) is 6.10 Å². The highest BCUT2D eigenvalue weighted by molar-refractivity contribution is 7.51. The normalized spacial score (nSPS) is 10.4. The van der Waals surface area contributed by atoms with Gasteiger partial charge in [-0.1, -0.05) is 18.2 Å². The first kappa shape index (κ1) is 21.1. The summed E-state index contributed by atoms with van der Waals surface area (Å²) in [4.78, 5) is 16.0. The number of nitrogens with zero attached hydrogens (tertiary/aromatic N) is 2. The standard InChI is InChI=1S/C23H20N2O2.O2S/c1-16(2)27-20-12-17(15-26)11-18(13-20)22-14-25(19-7-4-3-5-8-19)23-21(22)9-6-10-24-23;1-3-2/h3-16H,1-2H3;. The number of hydrogen-bond donors (Lipinski definition) is 0. The second-order valence-corrected chi connectivity index (χ2v) is 6.90. The van der Waals surface area contributed by atoms with E-state index in [0.29, 0.717) is 11.3 Å². The average Bonchev–Trinajstić information content (AvgIpc) is 3.14. The van der Waals surface area contributed by atoms with Crippen molar-refractivity contribution in [3.05, 3.63) is 78.6 Å². The molecule has 0 saturated carbocycles. The van der Waals surface area contributed by atoms with Crippen molar-refractivity contribution >= 4 is 28.9 Å². The molecule has 0 unspecified atom stereocenters. The highest BCUT2D eigenvalue weighted by atomic mass is 32.1. The van der Waals surface area contributed by atoms with Gasteiger partial charge in [0.2, 0.25) is 0 Å². The van der Waals surface area contributed by atoms with E-state index in [-0.39, 0.29) is 6.10 Å². The van der Waals surface area contributed by atoms with E-state index in [1.54, 1.807) is 12.3 Å². The van der Waals surface area contributed by atoms with Crippen molar-refractivity contribution in [3.8, 4) is 22.6 Å². The Labute approximate surface area is 177 Å². The molecule has 0 saturated heterocycles. The molecule has 152 valence electrons. The van der Waals surface area contributed by atoms with Gasteiger partial charge in [-0.25, -0.2) is 4.98 Å². The van der Waals surface area contributed by atoms with Crippen LogP contribution in [0.4, 0.5) is 0 Å². The molecule has 0 fully saturated rings. The Morgan fingerprint density at radius 1 is 1.03 bits per heavy atom. The average molecular weight is 420 g/mol. The van der Waals surface area contributed by atoms with Crippen LogP contribution in [-0.2, 0) is 11.6 Å². The van der Waals surface area contributed by atoms with E-state index in [9.17, 15) is 4.79 Å². The number of hydrogen-bond acceptors (Lipinski definition) is 5. The zero-order valence-electron chi connectivity index (χ0n) is 16.5. The third-order valence-electron chi connectivity index (χ3n) is 4.35. The minimum atomic E-state index is -0.750. The fourth-order valence-electron chi connectivity index (χ4n) is 3.26. The minimum absolute atomic E-state index is 0.0343. The van der Waals surface area contributed by atoms with Crippen molar-refractivity contribution in [2.24, 2.45) is 0 Å². The van der Waals surface area contributed by atoms with Crippen LogP contribution in [-0.4, -0.2) is 30.4 Å². The van der Waals surface area contributed by atoms with Gasteiger partial charge in [0.15, 0.2) is 0 Å². The summed E-state index contributed by atoms with van der Waals surface area (Å²) in [5.41, 5.74) is 4.45. The van der Waals surface area contributed by atoms with Crippen molar-refractivity contribution in [2.45, 2.75) is 20.0 Å². The summed E-state index contributed by atoms with van der Waals surface area (Å²) in [7, 11) is 0. The minimum Gasteiger partial charge on any atom is -0.491 e. The second-order valence-electron chi connectivity index (χ2n) is 6.77. The van der Waals surface area contributed by atoms with Crippen molar-refractivity contribution in [3.63, 3.8) is 0 Å². The topological polar surface area (TPSA) is 78.3 Å². The molecule has 4 aromatic rings. The molecule has 0 radical (unpaired) electrons. The molecule has 4 rings (SSSR count). The SMILES string of the molecule is CC(C)Oc1cc(C=O)cc(-c2cn(-c3ccccc3)c3ncccc23)c1.O=S=O. The predicted molar refractivity (Wildman–Crippen MR) is 117 cm³/mol. The molecule has 0 aliphatic carbocycles. The van der Waals surface area contributed by atoms with Crippen LogP contribution >= 0.6 is 0 Å². The molecule has 7 heteroatoms. The molecule has 0 spiro atoms. The fraction of sp³-hybridized carbons (Fsp3) is 0.130. The fourth-order valence-corrected chi connectivity index (χ4v) is 3.26. The lowest BCUT2D eigenvalue weighted by Crippen LogP contribution is -2.05. The number of aromatic nitrogens is 2. The Balaban J connectivity index is 0.000000806. The number of aldehydes is 1. The van der Waals surface area contributed by atoms with Gasteiger partial charge in [0.1, 0.15) is 17.7 Å². The van der Waals surface area contributed by atoms with Crippen LogP contribution < -0.4 is 4.74 Å². The Hall–Kier alpha value is -3.58. The Bertz CT molecular complexity index is 1200. The van der Waals surface area contributed by atoms with Crippen LogP contribution in [0.5, 0.6) is 5.75 Å². The molecule has 0 atom stereocenters. The van der Waals surface area contributed by atoms with Crippen LogP contribution in [0, 0.1) is 0 Å². The molecular weight excluding hydrogens is 400 g/mol. The summed E-state index contributed by atoms with van der Waals surface area (Å²) in [6.07, 6.45) is 4.74. The number of ether oxygens (including phenoxy) is 1. The first-order valence-electron chi connectivity index (χ1n) is 9.28. The van der Waals surface area contributed by atoms with E-state index < -0.39 is 11.6 Å². The van der Waals surface area contributed by atoms with Gasteiger partial charge in [-0.05, 0) is 61.9 Å². The monoisotopic (exact) mass is 420 g/mol. The van der Waals surface area contributed by atoms with Crippen LogP contribution in [0.1, 0.15) is 24.2 Å². The van der Waals surface area contributed by atoms with Gasteiger partial charge < -0.3 is 9.30 Å². The highest BCUT2D eigenvalue weighted by Gasteiger charge is 2.14. The van der Waals surface area contributed by atoms with E-state index in [0.717, 1.165) is 34.1 Å². The van der Waals surface area contributed by atoms with E-state index in [4.69, 9.17) is 13.2 Å². The maximum Gasteiger partial charge on any atom is 0.335 e. The smallest absolute Gasteiger partial charge is 0.335 e. The number of carbonyl (C=O) groups is 1. The molecule has 2 aromatic heterocycles. The van der Waals surface area contributed by atoms with Crippen molar-refractivity contribution in [1.29, 1.82) is 0 Å². The molecule has 0 bridgehead atoms. The predicted octanol–water partition coefficient (Wildman–Crippen LogP) is 4.62. The maximum absolute atomic E-state index is 11.4. The third kappa shape index (κ3) is 4.69. The zero-order valence-corrected chi connectivity index (χ0v) is 17.3. The Morgan fingerprint density at radius 2 is 1.77 bits per heavy atom. The molecule has 6 nitrogen and oxygen atoms in total. The van der Waals surface area contributed by atoms with Crippen LogP contribution in [0.15, 0.2) is 73.1 Å². The molecule has 0 amide bonds. The van der Waals surface area contributed by atoms with Gasteiger partial charge in [-0.15, -0.1) is 0 Å². The molecule has 0 aliphatic heterocycles. The highest BCUT2D eigenvalue weighted by Crippen LogP contribution is 2.34. The molecular formula is C23H20N2O4S. The van der Waals surface area contributed by atoms with Gasteiger partial charge in [0, 0.05) is 34.6 Å². The van der Waals surface area contributed by atoms with E-state index in [1.807, 2.05) is 68.4 Å². The first-order chi connectivity index (χ1) is 14.6. The Kier molecular flexibility index (Phi) is 6.87. The number of fused-ring (bicyclic) bond motifs is 1. The number of rotatable bonds is 5. The first-order valence-corrected chi connectivity index (χ1v) is 9.94. The van der Waals surface area contributed by atoms with Gasteiger partial charge in [-0.2, -0.15) is 8.42 Å². The number of benzene rings is 2. The Morgan fingerprint density at radius 3 is 2.43 bits per heavy atom. The number of pyridine rings is 1. The quantitative estimate of drug-likeness (QED) is 0.440. The molecule has 2 aromatic carbocycles. The summed E-state index contributed by atoms with van der Waals surface area (Å²) < 4.78 is 24.5. The molecule has 30 heavy (non-hydrogen) atoms. The summed E-state index contributed by atoms with van der Waals surface area (Å²) >= 11 is -0.750. The maximum atomic E-state index is 11.4. The van der Waals surface area contributed by atoms with Crippen LogP contribution in [0.2, 0.25) is 0 Å². The zero-order chi connectivity index (χ0) is 21.5.